The van der Waals surface area contributed by atoms with Gasteiger partial charge in [-0.25, -0.2) is 0 Å². The summed E-state index contributed by atoms with van der Waals surface area (Å²) in [6, 6.07) is 9.88. The molecule has 2 atom stereocenters. The molecule has 0 aliphatic heterocycles. The number of hydrogen-bond acceptors (Lipinski definition) is 8. The smallest absolute Gasteiger partial charge is 0.309 e. The van der Waals surface area contributed by atoms with E-state index in [2.05, 4.69) is 0 Å². The Bertz CT molecular complexity index is 732. The Labute approximate surface area is 209 Å². The average molecular weight is 495 g/mol. The molecular weight excluding hydrogens is 452 g/mol. The Morgan fingerprint density at radius 3 is 1.46 bits per heavy atom. The maximum Gasteiger partial charge on any atom is 0.309 e. The maximum atomic E-state index is 11.9. The molecule has 0 aliphatic carbocycles. The lowest BCUT2D eigenvalue weighted by molar-refractivity contribution is -0.155. The maximum absolute atomic E-state index is 11.9. The summed E-state index contributed by atoms with van der Waals surface area (Å²) in [5.41, 5.74) is 1.14. The van der Waals surface area contributed by atoms with Gasteiger partial charge in [-0.1, -0.05) is 43.7 Å². The van der Waals surface area contributed by atoms with E-state index in [1.54, 1.807) is 27.7 Å². The molecule has 0 spiro atoms. The monoisotopic (exact) mass is 494 g/mol. The first-order valence-electron chi connectivity index (χ1n) is 12.5. The van der Waals surface area contributed by atoms with Gasteiger partial charge in [0.2, 0.25) is 0 Å². The van der Waals surface area contributed by atoms with Gasteiger partial charge < -0.3 is 18.9 Å². The SMILES string of the molecule is CCCC(CC(=O)OCC)C(=O)OCC.CCOC(=O)CC(CCc1ccccc1)C(=O)OCC. The summed E-state index contributed by atoms with van der Waals surface area (Å²) in [5, 5.41) is 0. The molecule has 2 unspecified atom stereocenters. The van der Waals surface area contributed by atoms with Gasteiger partial charge in [0.1, 0.15) is 0 Å². The van der Waals surface area contributed by atoms with E-state index in [0.717, 1.165) is 18.4 Å². The van der Waals surface area contributed by atoms with Crippen LogP contribution in [0.5, 0.6) is 0 Å². The van der Waals surface area contributed by atoms with E-state index in [-0.39, 0.29) is 42.6 Å². The Kier molecular flexibility index (Phi) is 18.8. The van der Waals surface area contributed by atoms with E-state index < -0.39 is 5.92 Å². The van der Waals surface area contributed by atoms with E-state index in [1.165, 1.54) is 0 Å². The fourth-order valence-electron chi connectivity index (χ4n) is 3.30. The second-order valence-corrected chi connectivity index (χ2v) is 7.73. The minimum absolute atomic E-state index is 0.0828. The van der Waals surface area contributed by atoms with Crippen molar-refractivity contribution in [2.75, 3.05) is 26.4 Å². The summed E-state index contributed by atoms with van der Waals surface area (Å²) in [6.07, 6.45) is 3.05. The first-order chi connectivity index (χ1) is 16.8. The molecule has 1 aromatic rings. The van der Waals surface area contributed by atoms with Crippen molar-refractivity contribution >= 4 is 23.9 Å². The Balaban J connectivity index is 0.000000691. The first kappa shape index (κ1) is 32.1. The molecule has 1 aromatic carbocycles. The lowest BCUT2D eigenvalue weighted by Gasteiger charge is -2.14. The number of benzene rings is 1. The molecule has 1 rings (SSSR count). The van der Waals surface area contributed by atoms with Crippen LogP contribution in [0.15, 0.2) is 30.3 Å². The van der Waals surface area contributed by atoms with E-state index in [0.29, 0.717) is 39.3 Å². The van der Waals surface area contributed by atoms with Crippen molar-refractivity contribution in [2.45, 2.75) is 73.1 Å². The topological polar surface area (TPSA) is 105 Å². The lowest BCUT2D eigenvalue weighted by atomic mass is 9.96. The van der Waals surface area contributed by atoms with E-state index in [1.807, 2.05) is 37.3 Å². The fraction of sp³-hybridized carbons (Fsp3) is 0.630. The van der Waals surface area contributed by atoms with Crippen LogP contribution in [-0.2, 0) is 44.5 Å². The van der Waals surface area contributed by atoms with Gasteiger partial charge >= 0.3 is 23.9 Å². The minimum atomic E-state index is -0.436. The number of hydrogen-bond donors (Lipinski definition) is 0. The highest BCUT2D eigenvalue weighted by atomic mass is 16.5. The van der Waals surface area contributed by atoms with Crippen LogP contribution in [0.4, 0.5) is 0 Å². The van der Waals surface area contributed by atoms with Gasteiger partial charge in [-0.2, -0.15) is 0 Å². The summed E-state index contributed by atoms with van der Waals surface area (Å²) in [7, 11) is 0. The van der Waals surface area contributed by atoms with Gasteiger partial charge in [0.25, 0.3) is 0 Å². The zero-order valence-electron chi connectivity index (χ0n) is 21.9. The number of esters is 4. The van der Waals surface area contributed by atoms with Gasteiger partial charge in [0.05, 0.1) is 51.1 Å². The predicted octanol–water partition coefficient (Wildman–Crippen LogP) is 4.67. The standard InChI is InChI=1S/C16H22O4.C11H20O4/c1-3-19-15(17)12-14(16(18)20-4-2)11-10-13-8-6-5-7-9-13;1-4-7-9(11(13)15-6-3)8-10(12)14-5-2/h5-9,14H,3-4,10-12H2,1-2H3;9H,4-8H2,1-3H3. The van der Waals surface area contributed by atoms with Gasteiger partial charge in [0, 0.05) is 0 Å². The molecule has 0 aromatic heterocycles. The zero-order chi connectivity index (χ0) is 26.5. The highest BCUT2D eigenvalue weighted by molar-refractivity contribution is 5.80. The molecule has 0 fully saturated rings. The summed E-state index contributed by atoms with van der Waals surface area (Å²) < 4.78 is 19.6. The second-order valence-electron chi connectivity index (χ2n) is 7.73. The number of carbonyl (C=O) groups is 4. The summed E-state index contributed by atoms with van der Waals surface area (Å²) in [4.78, 5) is 46.1. The number of aryl methyl sites for hydroxylation is 1. The van der Waals surface area contributed by atoms with Crippen molar-refractivity contribution < 1.29 is 38.1 Å². The van der Waals surface area contributed by atoms with Crippen molar-refractivity contribution in [3.05, 3.63) is 35.9 Å². The molecular formula is C27H42O8. The average Bonchev–Trinajstić information content (AvgIpc) is 2.83. The fourth-order valence-corrected chi connectivity index (χ4v) is 3.30. The van der Waals surface area contributed by atoms with E-state index in [4.69, 9.17) is 18.9 Å². The van der Waals surface area contributed by atoms with Crippen molar-refractivity contribution in [2.24, 2.45) is 11.8 Å². The Morgan fingerprint density at radius 2 is 1.06 bits per heavy atom. The molecule has 0 N–H and O–H groups in total. The van der Waals surface area contributed by atoms with Gasteiger partial charge in [-0.15, -0.1) is 0 Å². The Hall–Kier alpha value is -2.90. The van der Waals surface area contributed by atoms with E-state index in [9.17, 15) is 19.2 Å². The van der Waals surface area contributed by atoms with Crippen LogP contribution >= 0.6 is 0 Å². The molecule has 8 nitrogen and oxygen atoms in total. The van der Waals surface area contributed by atoms with Crippen LogP contribution in [0.2, 0.25) is 0 Å². The largest absolute Gasteiger partial charge is 0.466 e. The second kappa shape index (κ2) is 20.5. The highest BCUT2D eigenvalue weighted by Gasteiger charge is 2.24. The molecule has 8 heteroatoms. The summed E-state index contributed by atoms with van der Waals surface area (Å²) in [5.74, 6) is -2.09. The van der Waals surface area contributed by atoms with E-state index >= 15 is 0 Å². The number of rotatable bonds is 15. The van der Waals surface area contributed by atoms with Crippen LogP contribution in [-0.4, -0.2) is 50.3 Å². The van der Waals surface area contributed by atoms with Gasteiger partial charge in [0.15, 0.2) is 0 Å². The minimum Gasteiger partial charge on any atom is -0.466 e. The third kappa shape index (κ3) is 15.6. The summed E-state index contributed by atoms with van der Waals surface area (Å²) >= 11 is 0. The first-order valence-corrected chi connectivity index (χ1v) is 12.5. The van der Waals surface area contributed by atoms with Crippen LogP contribution < -0.4 is 0 Å². The molecule has 0 saturated heterocycles. The van der Waals surface area contributed by atoms with Crippen LogP contribution in [0.25, 0.3) is 0 Å². The lowest BCUT2D eigenvalue weighted by Crippen LogP contribution is -2.22. The van der Waals surface area contributed by atoms with Gasteiger partial charge in [-0.05, 0) is 52.5 Å². The molecule has 0 aliphatic rings. The molecule has 198 valence electrons. The number of carbonyl (C=O) groups excluding carboxylic acids is 4. The van der Waals surface area contributed by atoms with Crippen LogP contribution in [0, 0.1) is 11.8 Å². The third-order valence-electron chi connectivity index (χ3n) is 4.94. The number of ether oxygens (including phenoxy) is 4. The molecule has 35 heavy (non-hydrogen) atoms. The molecule has 0 radical (unpaired) electrons. The zero-order valence-corrected chi connectivity index (χ0v) is 21.9. The molecule has 0 saturated carbocycles. The molecule has 0 bridgehead atoms. The molecule has 0 amide bonds. The Morgan fingerprint density at radius 1 is 0.629 bits per heavy atom. The van der Waals surface area contributed by atoms with Crippen molar-refractivity contribution in [3.63, 3.8) is 0 Å². The van der Waals surface area contributed by atoms with Crippen molar-refractivity contribution in [1.82, 2.24) is 0 Å². The predicted molar refractivity (Wildman–Crippen MR) is 132 cm³/mol. The van der Waals surface area contributed by atoms with Gasteiger partial charge in [-0.3, -0.25) is 19.2 Å². The highest BCUT2D eigenvalue weighted by Crippen LogP contribution is 2.16. The quantitative estimate of drug-likeness (QED) is 0.256. The van der Waals surface area contributed by atoms with Crippen LogP contribution in [0.3, 0.4) is 0 Å². The third-order valence-corrected chi connectivity index (χ3v) is 4.94. The van der Waals surface area contributed by atoms with Crippen LogP contribution in [0.1, 0.15) is 72.3 Å². The van der Waals surface area contributed by atoms with Crippen molar-refractivity contribution in [1.29, 1.82) is 0 Å². The summed E-state index contributed by atoms with van der Waals surface area (Å²) in [6.45, 7) is 10.3. The normalized spacial score (nSPS) is 11.8. The van der Waals surface area contributed by atoms with Crippen molar-refractivity contribution in [3.8, 4) is 0 Å². The molecule has 0 heterocycles.